The van der Waals surface area contributed by atoms with E-state index in [9.17, 15) is 5.11 Å². The summed E-state index contributed by atoms with van der Waals surface area (Å²) in [5, 5.41) is 11.9. The number of halogens is 1. The Morgan fingerprint density at radius 3 is 2.04 bits per heavy atom. The summed E-state index contributed by atoms with van der Waals surface area (Å²) in [6.45, 7) is 0. The summed E-state index contributed by atoms with van der Waals surface area (Å²) in [4.78, 5) is 5.73. The molecular formula is C22H16BrNOS. The van der Waals surface area contributed by atoms with Crippen molar-refractivity contribution in [2.24, 2.45) is 0 Å². The monoisotopic (exact) mass is 421 g/mol. The molecule has 1 atom stereocenters. The van der Waals surface area contributed by atoms with Crippen LogP contribution in [0.5, 0.6) is 0 Å². The Kier molecular flexibility index (Phi) is 4.98. The maximum absolute atomic E-state index is 11.0. The summed E-state index contributed by atoms with van der Waals surface area (Å²) in [5.41, 5.74) is 3.76. The molecular weight excluding hydrogens is 406 g/mol. The molecule has 1 N–H and O–H groups in total. The predicted octanol–water partition coefficient (Wildman–Crippen LogP) is 6.32. The number of aliphatic hydroxyl groups excluding tert-OH is 1. The smallest absolute Gasteiger partial charge is 0.124 e. The molecule has 1 aromatic heterocycles. The van der Waals surface area contributed by atoms with Crippen LogP contribution in [-0.4, -0.2) is 10.1 Å². The SMILES string of the molecule is OC(c1ccccc1)c1sc(-c2ccccc2)nc1-c1ccc(Br)cc1. The molecule has 0 amide bonds. The zero-order chi connectivity index (χ0) is 17.9. The average molecular weight is 422 g/mol. The molecule has 0 fully saturated rings. The Balaban J connectivity index is 1.85. The van der Waals surface area contributed by atoms with Crippen LogP contribution in [0, 0.1) is 0 Å². The zero-order valence-electron chi connectivity index (χ0n) is 13.8. The second-order valence-electron chi connectivity index (χ2n) is 5.92. The van der Waals surface area contributed by atoms with Gasteiger partial charge in [0, 0.05) is 15.6 Å². The van der Waals surface area contributed by atoms with E-state index in [1.54, 1.807) is 11.3 Å². The maximum atomic E-state index is 11.0. The number of hydrogen-bond acceptors (Lipinski definition) is 3. The van der Waals surface area contributed by atoms with Gasteiger partial charge in [-0.3, -0.25) is 0 Å². The number of benzene rings is 3. The van der Waals surface area contributed by atoms with E-state index in [0.717, 1.165) is 36.7 Å². The quantitative estimate of drug-likeness (QED) is 0.417. The predicted molar refractivity (Wildman–Crippen MR) is 111 cm³/mol. The molecule has 0 aliphatic rings. The lowest BCUT2D eigenvalue weighted by molar-refractivity contribution is 0.224. The Labute approximate surface area is 164 Å². The summed E-state index contributed by atoms with van der Waals surface area (Å²) in [5.74, 6) is 0. The van der Waals surface area contributed by atoms with Gasteiger partial charge in [0.05, 0.1) is 10.6 Å². The molecule has 0 saturated carbocycles. The van der Waals surface area contributed by atoms with Crippen LogP contribution in [0.15, 0.2) is 89.4 Å². The van der Waals surface area contributed by atoms with E-state index in [1.165, 1.54) is 0 Å². The number of nitrogens with zero attached hydrogens (tertiary/aromatic N) is 1. The molecule has 0 aliphatic carbocycles. The van der Waals surface area contributed by atoms with E-state index in [2.05, 4.69) is 15.9 Å². The molecule has 26 heavy (non-hydrogen) atoms. The van der Waals surface area contributed by atoms with Gasteiger partial charge in [-0.25, -0.2) is 4.98 Å². The Bertz CT molecular complexity index is 998. The Hall–Kier alpha value is -2.27. The minimum absolute atomic E-state index is 0.704. The van der Waals surface area contributed by atoms with E-state index in [-0.39, 0.29) is 0 Å². The van der Waals surface area contributed by atoms with Gasteiger partial charge in [-0.15, -0.1) is 11.3 Å². The number of aliphatic hydroxyl groups is 1. The highest BCUT2D eigenvalue weighted by molar-refractivity contribution is 9.10. The molecule has 128 valence electrons. The number of rotatable bonds is 4. The Morgan fingerprint density at radius 2 is 1.38 bits per heavy atom. The topological polar surface area (TPSA) is 33.1 Å². The van der Waals surface area contributed by atoms with Crippen LogP contribution in [-0.2, 0) is 0 Å². The fourth-order valence-electron chi connectivity index (χ4n) is 2.82. The summed E-state index contributed by atoms with van der Waals surface area (Å²) < 4.78 is 1.02. The van der Waals surface area contributed by atoms with Gasteiger partial charge in [-0.1, -0.05) is 88.7 Å². The van der Waals surface area contributed by atoms with E-state index < -0.39 is 6.10 Å². The van der Waals surface area contributed by atoms with Gasteiger partial charge in [-0.2, -0.15) is 0 Å². The molecule has 4 heteroatoms. The minimum Gasteiger partial charge on any atom is -0.383 e. The third-order valence-corrected chi connectivity index (χ3v) is 5.84. The van der Waals surface area contributed by atoms with Crippen molar-refractivity contribution < 1.29 is 5.11 Å². The van der Waals surface area contributed by atoms with Gasteiger partial charge in [0.15, 0.2) is 0 Å². The van der Waals surface area contributed by atoms with Crippen molar-refractivity contribution in [3.8, 4) is 21.8 Å². The molecule has 0 radical (unpaired) electrons. The van der Waals surface area contributed by atoms with Crippen LogP contribution in [0.2, 0.25) is 0 Å². The molecule has 4 rings (SSSR count). The van der Waals surface area contributed by atoms with Crippen LogP contribution in [0.25, 0.3) is 21.8 Å². The second-order valence-corrected chi connectivity index (χ2v) is 7.86. The van der Waals surface area contributed by atoms with Gasteiger partial charge in [0.2, 0.25) is 0 Å². The van der Waals surface area contributed by atoms with Gasteiger partial charge >= 0.3 is 0 Å². The standard InChI is InChI=1S/C22H16BrNOS/c23-18-13-11-15(12-14-18)19-21(20(25)16-7-3-1-4-8-16)26-22(24-19)17-9-5-2-6-10-17/h1-14,20,25H. The van der Waals surface area contributed by atoms with Crippen LogP contribution in [0.4, 0.5) is 0 Å². The normalized spacial score (nSPS) is 12.1. The fraction of sp³-hybridized carbons (Fsp3) is 0.0455. The van der Waals surface area contributed by atoms with Crippen LogP contribution in [0.1, 0.15) is 16.5 Å². The van der Waals surface area contributed by atoms with Crippen molar-refractivity contribution in [2.45, 2.75) is 6.10 Å². The molecule has 3 aromatic carbocycles. The highest BCUT2D eigenvalue weighted by Crippen LogP contribution is 2.39. The second kappa shape index (κ2) is 7.54. The highest BCUT2D eigenvalue weighted by atomic mass is 79.9. The van der Waals surface area contributed by atoms with Crippen molar-refractivity contribution in [3.63, 3.8) is 0 Å². The van der Waals surface area contributed by atoms with E-state index >= 15 is 0 Å². The first kappa shape index (κ1) is 17.2. The molecule has 0 bridgehead atoms. The maximum Gasteiger partial charge on any atom is 0.124 e. The van der Waals surface area contributed by atoms with E-state index in [4.69, 9.17) is 4.98 Å². The number of aromatic nitrogens is 1. The summed E-state index contributed by atoms with van der Waals surface area (Å²) in [6.07, 6.45) is -0.704. The first-order chi connectivity index (χ1) is 12.7. The van der Waals surface area contributed by atoms with Crippen molar-refractivity contribution in [1.82, 2.24) is 4.98 Å². The largest absolute Gasteiger partial charge is 0.383 e. The summed E-state index contributed by atoms with van der Waals surface area (Å²) in [7, 11) is 0. The van der Waals surface area contributed by atoms with Gasteiger partial charge < -0.3 is 5.11 Å². The van der Waals surface area contributed by atoms with E-state index in [1.807, 2.05) is 84.9 Å². The third-order valence-electron chi connectivity index (χ3n) is 4.16. The molecule has 0 spiro atoms. The van der Waals surface area contributed by atoms with Gasteiger partial charge in [-0.05, 0) is 17.7 Å². The lowest BCUT2D eigenvalue weighted by Gasteiger charge is -2.11. The van der Waals surface area contributed by atoms with Crippen molar-refractivity contribution >= 4 is 27.3 Å². The fourth-order valence-corrected chi connectivity index (χ4v) is 4.19. The van der Waals surface area contributed by atoms with Crippen molar-refractivity contribution in [2.75, 3.05) is 0 Å². The molecule has 2 nitrogen and oxygen atoms in total. The van der Waals surface area contributed by atoms with Crippen LogP contribution >= 0.6 is 27.3 Å². The summed E-state index contributed by atoms with van der Waals surface area (Å²) in [6, 6.07) is 27.8. The van der Waals surface area contributed by atoms with Gasteiger partial charge in [0.1, 0.15) is 11.1 Å². The Morgan fingerprint density at radius 1 is 0.769 bits per heavy atom. The van der Waals surface area contributed by atoms with Crippen molar-refractivity contribution in [3.05, 3.63) is 99.8 Å². The first-order valence-electron chi connectivity index (χ1n) is 8.27. The lowest BCUT2D eigenvalue weighted by atomic mass is 10.0. The minimum atomic E-state index is -0.704. The molecule has 4 aromatic rings. The van der Waals surface area contributed by atoms with Crippen LogP contribution in [0.3, 0.4) is 0 Å². The molecule has 0 aliphatic heterocycles. The molecule has 1 heterocycles. The number of thiazole rings is 1. The zero-order valence-corrected chi connectivity index (χ0v) is 16.2. The summed E-state index contributed by atoms with van der Waals surface area (Å²) >= 11 is 5.02. The highest BCUT2D eigenvalue weighted by Gasteiger charge is 2.21. The molecule has 1 unspecified atom stereocenters. The third kappa shape index (κ3) is 3.49. The molecule has 0 saturated heterocycles. The first-order valence-corrected chi connectivity index (χ1v) is 9.88. The average Bonchev–Trinajstić information content (AvgIpc) is 3.15. The van der Waals surface area contributed by atoms with Crippen LogP contribution < -0.4 is 0 Å². The lowest BCUT2D eigenvalue weighted by Crippen LogP contribution is -1.99. The van der Waals surface area contributed by atoms with Crippen molar-refractivity contribution in [1.29, 1.82) is 0 Å². The van der Waals surface area contributed by atoms with Gasteiger partial charge in [0.25, 0.3) is 0 Å². The van der Waals surface area contributed by atoms with E-state index in [0.29, 0.717) is 0 Å². The number of hydrogen-bond donors (Lipinski definition) is 1.